The summed E-state index contributed by atoms with van der Waals surface area (Å²) in [5.74, 6) is 0.781. The lowest BCUT2D eigenvalue weighted by Crippen LogP contribution is -2.20. The number of aryl methyl sites for hydroxylation is 2. The van der Waals surface area contributed by atoms with E-state index in [0.717, 1.165) is 21.3 Å². The topological polar surface area (TPSA) is 69.3 Å². The molecule has 0 radical (unpaired) electrons. The van der Waals surface area contributed by atoms with Gasteiger partial charge in [0, 0.05) is 10.2 Å². The minimum absolute atomic E-state index is 0.0391. The molecule has 6 nitrogen and oxygen atoms in total. The number of amides is 1. The number of rotatable bonds is 6. The van der Waals surface area contributed by atoms with E-state index in [1.165, 1.54) is 4.68 Å². The van der Waals surface area contributed by atoms with Crippen LogP contribution in [-0.4, -0.2) is 15.7 Å². The van der Waals surface area contributed by atoms with Crippen molar-refractivity contribution in [2.45, 2.75) is 27.0 Å². The molecular weight excluding hydrogens is 430 g/mol. The van der Waals surface area contributed by atoms with Crippen LogP contribution < -0.4 is 10.1 Å². The van der Waals surface area contributed by atoms with Crippen molar-refractivity contribution in [2.75, 3.05) is 5.32 Å². The lowest BCUT2D eigenvalue weighted by atomic mass is 10.1. The lowest BCUT2D eigenvalue weighted by Gasteiger charge is -2.12. The fourth-order valence-electron chi connectivity index (χ4n) is 2.59. The molecule has 1 N–H and O–H groups in total. The molecule has 1 aromatic heterocycles. The van der Waals surface area contributed by atoms with Crippen LogP contribution in [-0.2, 0) is 17.9 Å². The number of anilines is 1. The third-order valence-electron chi connectivity index (χ3n) is 3.81. The van der Waals surface area contributed by atoms with Crippen molar-refractivity contribution in [2.24, 2.45) is 0 Å². The van der Waals surface area contributed by atoms with Crippen LogP contribution >= 0.6 is 28.1 Å². The zero-order valence-corrected chi connectivity index (χ0v) is 17.3. The number of aromatic nitrogens is 2. The lowest BCUT2D eigenvalue weighted by molar-refractivity contribution is -0.117. The number of hydrogen-bond donors (Lipinski definition) is 1. The van der Waals surface area contributed by atoms with Crippen molar-refractivity contribution in [3.05, 3.63) is 68.8 Å². The van der Waals surface area contributed by atoms with Crippen molar-refractivity contribution in [1.82, 2.24) is 9.78 Å². The largest absolute Gasteiger partial charge is 0.484 e. The predicted molar refractivity (Wildman–Crippen MR) is 108 cm³/mol. The van der Waals surface area contributed by atoms with Crippen LogP contribution in [0.2, 0.25) is 0 Å². The monoisotopic (exact) mass is 447 g/mol. The van der Waals surface area contributed by atoms with Crippen molar-refractivity contribution < 1.29 is 13.9 Å². The first-order valence-corrected chi connectivity index (χ1v) is 9.44. The quantitative estimate of drug-likeness (QED) is 0.549. The molecular formula is C19H18BrN3O3S. The predicted octanol–water partition coefficient (Wildman–Crippen LogP) is 4.80. The van der Waals surface area contributed by atoms with Crippen LogP contribution in [0, 0.1) is 18.7 Å². The molecule has 1 amide bonds. The molecule has 3 aromatic rings. The van der Waals surface area contributed by atoms with E-state index < -0.39 is 0 Å². The average molecular weight is 448 g/mol. The number of carbonyl (C=O) groups excluding carboxylic acids is 1. The molecule has 0 saturated carbocycles. The summed E-state index contributed by atoms with van der Waals surface area (Å²) in [4.78, 5) is 12.5. The number of hydrogen-bond acceptors (Lipinski definition) is 5. The second kappa shape index (κ2) is 8.49. The van der Waals surface area contributed by atoms with Gasteiger partial charge in [0.25, 0.3) is 10.7 Å². The van der Waals surface area contributed by atoms with E-state index in [1.807, 2.05) is 56.3 Å². The second-order valence-corrected chi connectivity index (χ2v) is 7.25. The second-order valence-electron chi connectivity index (χ2n) is 5.98. The van der Waals surface area contributed by atoms with Crippen LogP contribution in [0.15, 0.2) is 51.4 Å². The summed E-state index contributed by atoms with van der Waals surface area (Å²) in [7, 11) is 0. The molecule has 0 bridgehead atoms. The van der Waals surface area contributed by atoms with Crippen molar-refractivity contribution in [3.63, 3.8) is 0 Å². The maximum atomic E-state index is 12.4. The smallest absolute Gasteiger partial charge is 0.287 e. The number of halogens is 1. The van der Waals surface area contributed by atoms with Gasteiger partial charge >= 0.3 is 0 Å². The Labute approximate surface area is 170 Å². The van der Waals surface area contributed by atoms with Gasteiger partial charge in [-0.3, -0.25) is 4.79 Å². The Balaban J connectivity index is 1.65. The summed E-state index contributed by atoms with van der Waals surface area (Å²) in [6, 6.07) is 13.2. The van der Waals surface area contributed by atoms with Gasteiger partial charge in [0.05, 0.1) is 0 Å². The Morgan fingerprint density at radius 3 is 2.59 bits per heavy atom. The molecule has 140 valence electrons. The van der Waals surface area contributed by atoms with Crippen LogP contribution in [0.3, 0.4) is 0 Å². The molecule has 0 fully saturated rings. The Kier molecular flexibility index (Phi) is 6.08. The molecule has 3 rings (SSSR count). The molecule has 8 heteroatoms. The van der Waals surface area contributed by atoms with Gasteiger partial charge in [-0.15, -0.1) is 5.10 Å². The molecule has 1 heterocycles. The Bertz CT molecular complexity index is 992. The molecule has 0 aliphatic carbocycles. The number of benzene rings is 2. The summed E-state index contributed by atoms with van der Waals surface area (Å²) >= 11 is 8.59. The Morgan fingerprint density at radius 2 is 1.93 bits per heavy atom. The van der Waals surface area contributed by atoms with Gasteiger partial charge in [-0.25, -0.2) is 4.68 Å². The molecule has 0 aliphatic heterocycles. The third kappa shape index (κ3) is 5.05. The zero-order valence-electron chi connectivity index (χ0n) is 14.9. The van der Waals surface area contributed by atoms with E-state index in [2.05, 4.69) is 26.3 Å². The number of para-hydroxylation sites is 1. The highest BCUT2D eigenvalue weighted by molar-refractivity contribution is 9.10. The van der Waals surface area contributed by atoms with Gasteiger partial charge in [-0.2, -0.15) is 0 Å². The van der Waals surface area contributed by atoms with Crippen LogP contribution in [0.25, 0.3) is 0 Å². The highest BCUT2D eigenvalue weighted by Crippen LogP contribution is 2.25. The minimum atomic E-state index is -0.233. The zero-order chi connectivity index (χ0) is 19.4. The molecule has 0 saturated heterocycles. The molecule has 0 spiro atoms. The fourth-order valence-corrected chi connectivity index (χ4v) is 3.48. The van der Waals surface area contributed by atoms with Crippen LogP contribution in [0.5, 0.6) is 5.75 Å². The normalized spacial score (nSPS) is 10.6. The molecule has 2 aromatic carbocycles. The molecule has 0 atom stereocenters. The number of nitrogens with one attached hydrogen (secondary N) is 1. The highest BCUT2D eigenvalue weighted by Gasteiger charge is 2.13. The fraction of sp³-hybridized carbons (Fsp3) is 0.211. The molecule has 0 aliphatic rings. The van der Waals surface area contributed by atoms with Gasteiger partial charge in [-0.05, 0) is 61.5 Å². The van der Waals surface area contributed by atoms with Gasteiger partial charge in [-0.1, -0.05) is 34.1 Å². The van der Waals surface area contributed by atoms with Gasteiger partial charge < -0.3 is 14.5 Å². The Hall–Kier alpha value is -2.45. The van der Waals surface area contributed by atoms with Crippen LogP contribution in [0.4, 0.5) is 5.69 Å². The number of carbonyl (C=O) groups is 1. The molecule has 27 heavy (non-hydrogen) atoms. The first-order chi connectivity index (χ1) is 12.9. The summed E-state index contributed by atoms with van der Waals surface area (Å²) < 4.78 is 13.3. The summed E-state index contributed by atoms with van der Waals surface area (Å²) in [6.07, 6.45) is 0. The van der Waals surface area contributed by atoms with E-state index in [1.54, 1.807) is 0 Å². The average Bonchev–Trinajstić information content (AvgIpc) is 2.97. The standard InChI is InChI=1S/C19H18BrN3O3S/c1-12-8-14(20)9-13(2)18(12)21-16(24)10-23-19(27)26-17(22-23)11-25-15-6-4-3-5-7-15/h3-9H,10-11H2,1-2H3,(H,21,24). The van der Waals surface area contributed by atoms with E-state index in [-0.39, 0.29) is 23.9 Å². The SMILES string of the molecule is Cc1cc(Br)cc(C)c1NC(=O)Cn1nc(COc2ccccc2)oc1=S. The van der Waals surface area contributed by atoms with Crippen molar-refractivity contribution in [1.29, 1.82) is 0 Å². The van der Waals surface area contributed by atoms with Crippen molar-refractivity contribution in [3.8, 4) is 5.75 Å². The number of nitrogens with zero attached hydrogens (tertiary/aromatic N) is 2. The minimum Gasteiger partial charge on any atom is -0.484 e. The van der Waals surface area contributed by atoms with E-state index in [0.29, 0.717) is 11.6 Å². The summed E-state index contributed by atoms with van der Waals surface area (Å²) in [6.45, 7) is 3.97. The maximum absolute atomic E-state index is 12.4. The molecule has 0 unspecified atom stereocenters. The van der Waals surface area contributed by atoms with Gasteiger partial charge in [0.2, 0.25) is 5.91 Å². The first-order valence-electron chi connectivity index (χ1n) is 8.23. The van der Waals surface area contributed by atoms with E-state index in [9.17, 15) is 4.79 Å². The van der Waals surface area contributed by atoms with E-state index >= 15 is 0 Å². The highest BCUT2D eigenvalue weighted by atomic mass is 79.9. The van der Waals surface area contributed by atoms with Crippen LogP contribution in [0.1, 0.15) is 17.0 Å². The number of ether oxygens (including phenoxy) is 1. The van der Waals surface area contributed by atoms with Gasteiger partial charge in [0.1, 0.15) is 12.3 Å². The summed E-state index contributed by atoms with van der Waals surface area (Å²) in [5.41, 5.74) is 2.72. The van der Waals surface area contributed by atoms with E-state index in [4.69, 9.17) is 21.4 Å². The first kappa shape index (κ1) is 19.3. The van der Waals surface area contributed by atoms with Gasteiger partial charge in [0.15, 0.2) is 6.61 Å². The maximum Gasteiger partial charge on any atom is 0.287 e. The third-order valence-corrected chi connectivity index (χ3v) is 4.56. The Morgan fingerprint density at radius 1 is 1.26 bits per heavy atom. The summed E-state index contributed by atoms with van der Waals surface area (Å²) in [5, 5.41) is 7.13. The van der Waals surface area contributed by atoms with Crippen molar-refractivity contribution >= 4 is 39.7 Å².